The van der Waals surface area contributed by atoms with Gasteiger partial charge in [-0.05, 0) is 31.0 Å². The number of rotatable bonds is 2. The number of benzene rings is 1. The lowest BCUT2D eigenvalue weighted by Crippen LogP contribution is -2.18. The van der Waals surface area contributed by atoms with E-state index in [0.29, 0.717) is 6.42 Å². The van der Waals surface area contributed by atoms with E-state index < -0.39 is 11.6 Å². The molecular formula is C9H10ClF2N. The zero-order valence-corrected chi connectivity index (χ0v) is 7.91. The van der Waals surface area contributed by atoms with Gasteiger partial charge in [0, 0.05) is 6.04 Å². The van der Waals surface area contributed by atoms with Crippen LogP contribution >= 0.6 is 11.6 Å². The van der Waals surface area contributed by atoms with Crippen LogP contribution in [0.1, 0.15) is 12.5 Å². The van der Waals surface area contributed by atoms with Gasteiger partial charge in [-0.1, -0.05) is 11.6 Å². The largest absolute Gasteiger partial charge is 0.328 e. The van der Waals surface area contributed by atoms with Gasteiger partial charge in [-0.2, -0.15) is 0 Å². The summed E-state index contributed by atoms with van der Waals surface area (Å²) in [4.78, 5) is 0. The molecule has 1 nitrogen and oxygen atoms in total. The molecule has 1 rings (SSSR count). The smallest absolute Gasteiger partial charge is 0.142 e. The van der Waals surface area contributed by atoms with Gasteiger partial charge in [0.25, 0.3) is 0 Å². The Labute approximate surface area is 80.5 Å². The molecule has 1 aromatic rings. The summed E-state index contributed by atoms with van der Waals surface area (Å²) in [6.07, 6.45) is 0.305. The lowest BCUT2D eigenvalue weighted by molar-refractivity contribution is 0.575. The molecule has 0 bridgehead atoms. The molecule has 13 heavy (non-hydrogen) atoms. The highest BCUT2D eigenvalue weighted by molar-refractivity contribution is 6.30. The Morgan fingerprint density at radius 1 is 1.38 bits per heavy atom. The molecule has 1 unspecified atom stereocenters. The first kappa shape index (κ1) is 10.4. The van der Waals surface area contributed by atoms with E-state index in [4.69, 9.17) is 17.3 Å². The lowest BCUT2D eigenvalue weighted by atomic mass is 10.1. The van der Waals surface area contributed by atoms with E-state index in [2.05, 4.69) is 0 Å². The highest BCUT2D eigenvalue weighted by Gasteiger charge is 2.09. The molecule has 0 heterocycles. The SMILES string of the molecule is CC(N)Cc1cc(F)c(Cl)cc1F. The molecule has 0 radical (unpaired) electrons. The molecule has 72 valence electrons. The Balaban J connectivity index is 3.01. The van der Waals surface area contributed by atoms with E-state index in [0.717, 1.165) is 12.1 Å². The van der Waals surface area contributed by atoms with Crippen molar-refractivity contribution in [3.63, 3.8) is 0 Å². The first-order valence-electron chi connectivity index (χ1n) is 3.89. The Bertz CT molecular complexity index is 313. The molecule has 0 fully saturated rings. The zero-order valence-electron chi connectivity index (χ0n) is 7.15. The molecule has 0 aliphatic carbocycles. The summed E-state index contributed by atoms with van der Waals surface area (Å²) in [5.74, 6) is -1.12. The zero-order chi connectivity index (χ0) is 10.0. The molecule has 0 saturated carbocycles. The molecule has 0 amide bonds. The van der Waals surface area contributed by atoms with Crippen molar-refractivity contribution in [3.05, 3.63) is 34.4 Å². The van der Waals surface area contributed by atoms with Gasteiger partial charge in [0.2, 0.25) is 0 Å². The van der Waals surface area contributed by atoms with Gasteiger partial charge in [-0.3, -0.25) is 0 Å². The van der Waals surface area contributed by atoms with Crippen LogP contribution in [0.15, 0.2) is 12.1 Å². The summed E-state index contributed by atoms with van der Waals surface area (Å²) in [5, 5.41) is -0.203. The molecule has 0 aromatic heterocycles. The van der Waals surface area contributed by atoms with Gasteiger partial charge in [-0.25, -0.2) is 8.78 Å². The van der Waals surface area contributed by atoms with Crippen molar-refractivity contribution >= 4 is 11.6 Å². The normalized spacial score (nSPS) is 13.0. The highest BCUT2D eigenvalue weighted by Crippen LogP contribution is 2.19. The summed E-state index contributed by atoms with van der Waals surface area (Å²) < 4.78 is 26.0. The van der Waals surface area contributed by atoms with Crippen LogP contribution in [-0.2, 0) is 6.42 Å². The van der Waals surface area contributed by atoms with Crippen molar-refractivity contribution in [1.82, 2.24) is 0 Å². The van der Waals surface area contributed by atoms with Crippen molar-refractivity contribution in [1.29, 1.82) is 0 Å². The number of halogens is 3. The maximum Gasteiger partial charge on any atom is 0.142 e. The van der Waals surface area contributed by atoms with Crippen molar-refractivity contribution in [2.75, 3.05) is 0 Å². The maximum absolute atomic E-state index is 13.1. The van der Waals surface area contributed by atoms with Crippen molar-refractivity contribution in [2.24, 2.45) is 5.73 Å². The minimum absolute atomic E-state index is 0.199. The fraction of sp³-hybridized carbons (Fsp3) is 0.333. The standard InChI is InChI=1S/C9H10ClF2N/c1-5(13)2-6-3-9(12)7(10)4-8(6)11/h3-5H,2,13H2,1H3. The molecule has 2 N–H and O–H groups in total. The van der Waals surface area contributed by atoms with E-state index in [1.165, 1.54) is 0 Å². The first-order chi connectivity index (χ1) is 6.00. The van der Waals surface area contributed by atoms with Gasteiger partial charge in [-0.15, -0.1) is 0 Å². The maximum atomic E-state index is 13.1. The van der Waals surface area contributed by atoms with Gasteiger partial charge < -0.3 is 5.73 Å². The summed E-state index contributed by atoms with van der Waals surface area (Å²) in [6, 6.07) is 1.85. The predicted molar refractivity (Wildman–Crippen MR) is 48.7 cm³/mol. The van der Waals surface area contributed by atoms with Gasteiger partial charge in [0.1, 0.15) is 11.6 Å². The summed E-state index contributed by atoms with van der Waals surface area (Å²) in [7, 11) is 0. The van der Waals surface area contributed by atoms with Crippen LogP contribution in [0.2, 0.25) is 5.02 Å². The van der Waals surface area contributed by atoms with Crippen molar-refractivity contribution in [3.8, 4) is 0 Å². The topological polar surface area (TPSA) is 26.0 Å². The van der Waals surface area contributed by atoms with Gasteiger partial charge in [0.05, 0.1) is 5.02 Å². The number of nitrogens with two attached hydrogens (primary N) is 1. The predicted octanol–water partition coefficient (Wildman–Crippen LogP) is 2.51. The third kappa shape index (κ3) is 2.64. The Kier molecular flexibility index (Phi) is 3.22. The monoisotopic (exact) mass is 205 g/mol. The number of hydrogen-bond donors (Lipinski definition) is 1. The minimum atomic E-state index is -0.612. The van der Waals surface area contributed by atoms with E-state index in [1.807, 2.05) is 0 Å². The van der Waals surface area contributed by atoms with Crippen LogP contribution in [0.3, 0.4) is 0 Å². The quantitative estimate of drug-likeness (QED) is 0.738. The van der Waals surface area contributed by atoms with E-state index in [9.17, 15) is 8.78 Å². The van der Waals surface area contributed by atoms with Gasteiger partial charge in [0.15, 0.2) is 0 Å². The van der Waals surface area contributed by atoms with Crippen LogP contribution < -0.4 is 5.73 Å². The Morgan fingerprint density at radius 2 is 2.00 bits per heavy atom. The van der Waals surface area contributed by atoms with E-state index >= 15 is 0 Å². The molecular weight excluding hydrogens is 196 g/mol. The second kappa shape index (κ2) is 4.03. The fourth-order valence-electron chi connectivity index (χ4n) is 1.07. The molecule has 0 aliphatic heterocycles. The van der Waals surface area contributed by atoms with Crippen LogP contribution in [0, 0.1) is 11.6 Å². The third-order valence-electron chi connectivity index (χ3n) is 1.63. The van der Waals surface area contributed by atoms with E-state index in [-0.39, 0.29) is 16.6 Å². The van der Waals surface area contributed by atoms with Gasteiger partial charge >= 0.3 is 0 Å². The van der Waals surface area contributed by atoms with Crippen molar-refractivity contribution < 1.29 is 8.78 Å². The van der Waals surface area contributed by atoms with Crippen LogP contribution in [0.4, 0.5) is 8.78 Å². The summed E-state index contributed by atoms with van der Waals surface area (Å²) in [6.45, 7) is 1.73. The second-order valence-corrected chi connectivity index (χ2v) is 3.45. The third-order valence-corrected chi connectivity index (χ3v) is 1.92. The molecule has 1 aromatic carbocycles. The molecule has 1 atom stereocenters. The second-order valence-electron chi connectivity index (χ2n) is 3.04. The summed E-state index contributed by atoms with van der Waals surface area (Å²) >= 11 is 5.38. The highest BCUT2D eigenvalue weighted by atomic mass is 35.5. The van der Waals surface area contributed by atoms with Crippen LogP contribution in [-0.4, -0.2) is 6.04 Å². The van der Waals surface area contributed by atoms with Crippen LogP contribution in [0.5, 0.6) is 0 Å². The summed E-state index contributed by atoms with van der Waals surface area (Å²) in [5.41, 5.74) is 5.72. The Hall–Kier alpha value is -0.670. The molecule has 0 aliphatic rings. The first-order valence-corrected chi connectivity index (χ1v) is 4.27. The number of hydrogen-bond acceptors (Lipinski definition) is 1. The lowest BCUT2D eigenvalue weighted by Gasteiger charge is -2.07. The molecule has 0 spiro atoms. The fourth-order valence-corrected chi connectivity index (χ4v) is 1.22. The minimum Gasteiger partial charge on any atom is -0.328 e. The molecule has 4 heteroatoms. The van der Waals surface area contributed by atoms with Crippen LogP contribution in [0.25, 0.3) is 0 Å². The average Bonchev–Trinajstić information content (AvgIpc) is 1.99. The average molecular weight is 206 g/mol. The van der Waals surface area contributed by atoms with Crippen molar-refractivity contribution in [2.45, 2.75) is 19.4 Å². The Morgan fingerprint density at radius 3 is 2.54 bits per heavy atom. The molecule has 0 saturated heterocycles. The van der Waals surface area contributed by atoms with E-state index in [1.54, 1.807) is 6.92 Å².